The molecular weight excluding hydrogens is 182 g/mol. The van der Waals surface area contributed by atoms with Crippen molar-refractivity contribution in [2.24, 2.45) is 0 Å². The van der Waals surface area contributed by atoms with E-state index in [1.807, 2.05) is 0 Å². The van der Waals surface area contributed by atoms with Crippen molar-refractivity contribution >= 4 is 0 Å². The average Bonchev–Trinajstić information content (AvgIpc) is 2.06. The van der Waals surface area contributed by atoms with Gasteiger partial charge in [-0.25, -0.2) is 0 Å². The Morgan fingerprint density at radius 1 is 0.800 bits per heavy atom. The van der Waals surface area contributed by atoms with Gasteiger partial charge in [0.1, 0.15) is 0 Å². The van der Waals surface area contributed by atoms with Crippen LogP contribution in [0.4, 0.5) is 0 Å². The van der Waals surface area contributed by atoms with E-state index < -0.39 is 0 Å². The first-order chi connectivity index (χ1) is 6.25. The van der Waals surface area contributed by atoms with Crippen LogP contribution in [-0.2, 0) is 5.41 Å². The number of nitrogens with zero attached hydrogens (tertiary/aromatic N) is 1. The summed E-state index contributed by atoms with van der Waals surface area (Å²) in [6.45, 7) is 15.3. The van der Waals surface area contributed by atoms with Gasteiger partial charge in [-0.2, -0.15) is 0 Å². The SMILES string of the molecule is C.Cc1nc(C(C)(C)C)c(C)c(C)c1C. The molecule has 1 aromatic rings. The van der Waals surface area contributed by atoms with Crippen LogP contribution in [0.1, 0.15) is 56.3 Å². The highest BCUT2D eigenvalue weighted by molar-refractivity contribution is 5.40. The number of hydrogen-bond acceptors (Lipinski definition) is 1. The molecule has 0 aliphatic rings. The molecule has 1 rings (SSSR count). The summed E-state index contributed by atoms with van der Waals surface area (Å²) in [4.78, 5) is 4.70. The van der Waals surface area contributed by atoms with Crippen molar-refractivity contribution in [3.8, 4) is 0 Å². The zero-order valence-corrected chi connectivity index (χ0v) is 10.4. The van der Waals surface area contributed by atoms with Crippen molar-refractivity contribution in [3.05, 3.63) is 28.1 Å². The lowest BCUT2D eigenvalue weighted by atomic mass is 9.86. The summed E-state index contributed by atoms with van der Waals surface area (Å²) in [6.07, 6.45) is 0. The van der Waals surface area contributed by atoms with Gasteiger partial charge in [-0.05, 0) is 44.4 Å². The van der Waals surface area contributed by atoms with Gasteiger partial charge in [0.2, 0.25) is 0 Å². The topological polar surface area (TPSA) is 12.9 Å². The van der Waals surface area contributed by atoms with E-state index in [9.17, 15) is 0 Å². The largest absolute Gasteiger partial charge is 0.257 e. The molecule has 86 valence electrons. The van der Waals surface area contributed by atoms with E-state index in [1.54, 1.807) is 0 Å². The maximum absolute atomic E-state index is 4.70. The molecule has 1 aromatic heterocycles. The molecule has 0 N–H and O–H groups in total. The van der Waals surface area contributed by atoms with Crippen LogP contribution in [0.3, 0.4) is 0 Å². The van der Waals surface area contributed by atoms with E-state index in [-0.39, 0.29) is 12.8 Å². The smallest absolute Gasteiger partial charge is 0.0492 e. The fourth-order valence-corrected chi connectivity index (χ4v) is 1.80. The normalized spacial score (nSPS) is 11.1. The molecule has 0 aromatic carbocycles. The van der Waals surface area contributed by atoms with Crippen LogP contribution in [-0.4, -0.2) is 4.98 Å². The highest BCUT2D eigenvalue weighted by Crippen LogP contribution is 2.27. The van der Waals surface area contributed by atoms with Crippen LogP contribution in [0.25, 0.3) is 0 Å². The maximum atomic E-state index is 4.70. The Kier molecular flexibility index (Phi) is 4.09. The summed E-state index contributed by atoms with van der Waals surface area (Å²) in [5.74, 6) is 0. The van der Waals surface area contributed by atoms with E-state index in [0.29, 0.717) is 0 Å². The van der Waals surface area contributed by atoms with E-state index in [1.165, 1.54) is 22.4 Å². The van der Waals surface area contributed by atoms with E-state index in [0.717, 1.165) is 5.69 Å². The predicted octanol–water partition coefficient (Wildman–Crippen LogP) is 4.25. The van der Waals surface area contributed by atoms with E-state index in [4.69, 9.17) is 4.98 Å². The van der Waals surface area contributed by atoms with Crippen molar-refractivity contribution in [2.75, 3.05) is 0 Å². The molecule has 1 heteroatoms. The van der Waals surface area contributed by atoms with Crippen LogP contribution in [0.5, 0.6) is 0 Å². The zero-order chi connectivity index (χ0) is 11.1. The Morgan fingerprint density at radius 3 is 1.67 bits per heavy atom. The molecular formula is C14H25N. The van der Waals surface area contributed by atoms with Gasteiger partial charge in [-0.1, -0.05) is 28.2 Å². The number of aromatic nitrogens is 1. The summed E-state index contributed by atoms with van der Waals surface area (Å²) in [6, 6.07) is 0. The van der Waals surface area contributed by atoms with Crippen molar-refractivity contribution in [1.82, 2.24) is 4.98 Å². The first kappa shape index (κ1) is 14.2. The summed E-state index contributed by atoms with van der Waals surface area (Å²) < 4.78 is 0. The van der Waals surface area contributed by atoms with Gasteiger partial charge in [0, 0.05) is 16.8 Å². The van der Waals surface area contributed by atoms with Crippen molar-refractivity contribution in [2.45, 2.75) is 61.3 Å². The van der Waals surface area contributed by atoms with Gasteiger partial charge >= 0.3 is 0 Å². The second-order valence-electron chi connectivity index (χ2n) is 5.17. The first-order valence-electron chi connectivity index (χ1n) is 5.20. The Labute approximate surface area is 94.9 Å². The fraction of sp³-hybridized carbons (Fsp3) is 0.643. The predicted molar refractivity (Wildman–Crippen MR) is 68.6 cm³/mol. The van der Waals surface area contributed by atoms with Crippen LogP contribution in [0.2, 0.25) is 0 Å². The Bertz CT molecular complexity index is 357. The van der Waals surface area contributed by atoms with Crippen LogP contribution < -0.4 is 0 Å². The van der Waals surface area contributed by atoms with Gasteiger partial charge in [-0.15, -0.1) is 0 Å². The average molecular weight is 207 g/mol. The van der Waals surface area contributed by atoms with Crippen LogP contribution >= 0.6 is 0 Å². The second-order valence-corrected chi connectivity index (χ2v) is 5.17. The molecule has 0 spiro atoms. The lowest BCUT2D eigenvalue weighted by Gasteiger charge is -2.23. The zero-order valence-electron chi connectivity index (χ0n) is 10.4. The van der Waals surface area contributed by atoms with Crippen molar-refractivity contribution in [1.29, 1.82) is 0 Å². The van der Waals surface area contributed by atoms with E-state index >= 15 is 0 Å². The van der Waals surface area contributed by atoms with Gasteiger partial charge < -0.3 is 0 Å². The van der Waals surface area contributed by atoms with Crippen LogP contribution in [0.15, 0.2) is 0 Å². The third-order valence-electron chi connectivity index (χ3n) is 3.01. The minimum absolute atomic E-state index is 0. The lowest BCUT2D eigenvalue weighted by Crippen LogP contribution is -2.17. The lowest BCUT2D eigenvalue weighted by molar-refractivity contribution is 0.561. The van der Waals surface area contributed by atoms with E-state index in [2.05, 4.69) is 48.5 Å². The van der Waals surface area contributed by atoms with Gasteiger partial charge in [-0.3, -0.25) is 4.98 Å². The minimum Gasteiger partial charge on any atom is -0.257 e. The molecule has 0 aliphatic carbocycles. The number of aryl methyl sites for hydroxylation is 1. The molecule has 0 atom stereocenters. The fourth-order valence-electron chi connectivity index (χ4n) is 1.80. The summed E-state index contributed by atoms with van der Waals surface area (Å²) in [5, 5.41) is 0. The molecule has 0 aliphatic heterocycles. The molecule has 0 saturated heterocycles. The van der Waals surface area contributed by atoms with Gasteiger partial charge in [0.05, 0.1) is 0 Å². The Balaban J connectivity index is 0.00000196. The Hall–Kier alpha value is -0.850. The molecule has 0 unspecified atom stereocenters. The van der Waals surface area contributed by atoms with Crippen molar-refractivity contribution < 1.29 is 0 Å². The second kappa shape index (κ2) is 4.34. The minimum atomic E-state index is 0. The number of pyridine rings is 1. The molecule has 0 amide bonds. The maximum Gasteiger partial charge on any atom is 0.0492 e. The highest BCUT2D eigenvalue weighted by atomic mass is 14.7. The van der Waals surface area contributed by atoms with Crippen LogP contribution in [0, 0.1) is 27.7 Å². The highest BCUT2D eigenvalue weighted by Gasteiger charge is 2.20. The standard InChI is InChI=1S/C13H21N.CH4/c1-8-9(2)11(4)14-12(10(8)3)13(5,6)7;/h1-7H3;1H4. The third kappa shape index (κ3) is 2.58. The molecule has 15 heavy (non-hydrogen) atoms. The summed E-state index contributed by atoms with van der Waals surface area (Å²) >= 11 is 0. The molecule has 0 radical (unpaired) electrons. The quantitative estimate of drug-likeness (QED) is 0.620. The third-order valence-corrected chi connectivity index (χ3v) is 3.01. The van der Waals surface area contributed by atoms with Crippen molar-refractivity contribution in [3.63, 3.8) is 0 Å². The first-order valence-corrected chi connectivity index (χ1v) is 5.20. The van der Waals surface area contributed by atoms with Gasteiger partial charge in [0.15, 0.2) is 0 Å². The molecule has 1 nitrogen and oxygen atoms in total. The number of hydrogen-bond donors (Lipinski definition) is 0. The monoisotopic (exact) mass is 207 g/mol. The number of rotatable bonds is 0. The molecule has 0 fully saturated rings. The molecule has 0 saturated carbocycles. The molecule has 1 heterocycles. The Morgan fingerprint density at radius 2 is 1.27 bits per heavy atom. The summed E-state index contributed by atoms with van der Waals surface area (Å²) in [7, 11) is 0. The van der Waals surface area contributed by atoms with Gasteiger partial charge in [0.25, 0.3) is 0 Å². The molecule has 0 bridgehead atoms. The summed E-state index contributed by atoms with van der Waals surface area (Å²) in [5.41, 5.74) is 6.61.